The monoisotopic (exact) mass is 436 g/mol. The fourth-order valence-electron chi connectivity index (χ4n) is 2.95. The molecule has 0 spiro atoms. The second-order valence-corrected chi connectivity index (χ2v) is 8.52. The van der Waals surface area contributed by atoms with E-state index in [2.05, 4.69) is 5.32 Å². The van der Waals surface area contributed by atoms with E-state index in [1.165, 1.54) is 4.31 Å². The zero-order valence-electron chi connectivity index (χ0n) is 17.8. The molecule has 0 heterocycles. The summed E-state index contributed by atoms with van der Waals surface area (Å²) in [5, 5.41) is 2.87. The first kappa shape index (κ1) is 23.3. The number of hydrogen-bond donors (Lipinski definition) is 1. The average Bonchev–Trinajstić information content (AvgIpc) is 2.72. The molecular formula is C21H28N2O6S. The van der Waals surface area contributed by atoms with Gasteiger partial charge in [0.05, 0.1) is 32.2 Å². The van der Waals surface area contributed by atoms with Crippen LogP contribution in [0.2, 0.25) is 0 Å². The maximum atomic E-state index is 12.3. The van der Waals surface area contributed by atoms with Crippen molar-refractivity contribution < 1.29 is 27.4 Å². The number of anilines is 1. The van der Waals surface area contributed by atoms with Gasteiger partial charge in [-0.25, -0.2) is 8.42 Å². The fraction of sp³-hybridized carbons (Fsp3) is 0.381. The molecule has 30 heavy (non-hydrogen) atoms. The molecule has 1 atom stereocenters. The van der Waals surface area contributed by atoms with Crippen LogP contribution in [0, 0.1) is 0 Å². The third-order valence-corrected chi connectivity index (χ3v) is 5.74. The maximum absolute atomic E-state index is 12.3. The van der Waals surface area contributed by atoms with Crippen LogP contribution < -0.4 is 23.8 Å². The van der Waals surface area contributed by atoms with Crippen LogP contribution in [-0.4, -0.2) is 48.0 Å². The zero-order valence-corrected chi connectivity index (χ0v) is 18.7. The molecule has 2 aromatic rings. The Labute approximate surface area is 177 Å². The third kappa shape index (κ3) is 6.03. The van der Waals surface area contributed by atoms with Crippen molar-refractivity contribution in [3.63, 3.8) is 0 Å². The van der Waals surface area contributed by atoms with Crippen LogP contribution in [0.15, 0.2) is 42.5 Å². The van der Waals surface area contributed by atoms with Gasteiger partial charge in [-0.2, -0.15) is 0 Å². The van der Waals surface area contributed by atoms with Crippen molar-refractivity contribution in [1.82, 2.24) is 5.32 Å². The molecule has 164 valence electrons. The Morgan fingerprint density at radius 3 is 2.23 bits per heavy atom. The lowest BCUT2D eigenvalue weighted by molar-refractivity contribution is -0.123. The van der Waals surface area contributed by atoms with E-state index in [0.29, 0.717) is 29.5 Å². The van der Waals surface area contributed by atoms with E-state index in [9.17, 15) is 13.2 Å². The van der Waals surface area contributed by atoms with Gasteiger partial charge in [0.1, 0.15) is 5.75 Å². The lowest BCUT2D eigenvalue weighted by atomic mass is 10.1. The van der Waals surface area contributed by atoms with Gasteiger partial charge in [-0.1, -0.05) is 6.07 Å². The second-order valence-electron chi connectivity index (χ2n) is 6.61. The second kappa shape index (κ2) is 10.2. The van der Waals surface area contributed by atoms with Gasteiger partial charge < -0.3 is 19.5 Å². The number of ether oxygens (including phenoxy) is 3. The molecule has 2 aromatic carbocycles. The van der Waals surface area contributed by atoms with E-state index < -0.39 is 10.0 Å². The minimum atomic E-state index is -3.34. The molecule has 0 unspecified atom stereocenters. The van der Waals surface area contributed by atoms with Crippen LogP contribution in [0.3, 0.4) is 0 Å². The smallest absolute Gasteiger partial charge is 0.258 e. The lowest BCUT2D eigenvalue weighted by Crippen LogP contribution is -2.31. The number of amides is 1. The molecule has 0 aliphatic carbocycles. The van der Waals surface area contributed by atoms with Gasteiger partial charge in [-0.15, -0.1) is 0 Å². The minimum absolute atomic E-state index is 0.166. The summed E-state index contributed by atoms with van der Waals surface area (Å²) in [6.45, 7) is 3.78. The minimum Gasteiger partial charge on any atom is -0.493 e. The van der Waals surface area contributed by atoms with Gasteiger partial charge >= 0.3 is 0 Å². The van der Waals surface area contributed by atoms with Gasteiger partial charge in [0, 0.05) is 6.54 Å². The number of benzene rings is 2. The first-order valence-corrected chi connectivity index (χ1v) is 11.3. The van der Waals surface area contributed by atoms with Crippen molar-refractivity contribution in [1.29, 1.82) is 0 Å². The van der Waals surface area contributed by atoms with Gasteiger partial charge in [0.15, 0.2) is 18.1 Å². The normalized spacial score (nSPS) is 12.0. The molecule has 0 radical (unpaired) electrons. The summed E-state index contributed by atoms with van der Waals surface area (Å²) in [6, 6.07) is 11.7. The first-order valence-electron chi connectivity index (χ1n) is 9.41. The van der Waals surface area contributed by atoms with Gasteiger partial charge in [0.2, 0.25) is 10.0 Å². The number of carbonyl (C=O) groups is 1. The van der Waals surface area contributed by atoms with Crippen LogP contribution >= 0.6 is 0 Å². The third-order valence-electron chi connectivity index (χ3n) is 4.47. The number of carbonyl (C=O) groups excluding carboxylic acids is 1. The Kier molecular flexibility index (Phi) is 7.93. The van der Waals surface area contributed by atoms with Crippen LogP contribution in [0.4, 0.5) is 5.69 Å². The summed E-state index contributed by atoms with van der Waals surface area (Å²) in [4.78, 5) is 12.3. The van der Waals surface area contributed by atoms with Crippen LogP contribution in [0.1, 0.15) is 25.5 Å². The zero-order chi connectivity index (χ0) is 22.3. The fourth-order valence-corrected chi connectivity index (χ4v) is 3.93. The molecular weight excluding hydrogens is 408 g/mol. The Morgan fingerprint density at radius 1 is 1.07 bits per heavy atom. The number of nitrogens with one attached hydrogen (secondary N) is 1. The predicted molar refractivity (Wildman–Crippen MR) is 116 cm³/mol. The Bertz CT molecular complexity index is 960. The van der Waals surface area contributed by atoms with E-state index in [4.69, 9.17) is 14.2 Å². The molecule has 1 N–H and O–H groups in total. The number of nitrogens with zero attached hydrogens (tertiary/aromatic N) is 1. The highest BCUT2D eigenvalue weighted by molar-refractivity contribution is 7.92. The molecule has 0 aliphatic heterocycles. The molecule has 0 aromatic heterocycles. The number of hydrogen-bond acceptors (Lipinski definition) is 6. The quantitative estimate of drug-likeness (QED) is 0.616. The van der Waals surface area contributed by atoms with Crippen molar-refractivity contribution in [3.8, 4) is 17.2 Å². The van der Waals surface area contributed by atoms with Gasteiger partial charge in [-0.05, 0) is 55.8 Å². The van der Waals surface area contributed by atoms with E-state index in [-0.39, 0.29) is 18.6 Å². The van der Waals surface area contributed by atoms with Crippen molar-refractivity contribution in [3.05, 3.63) is 48.0 Å². The summed E-state index contributed by atoms with van der Waals surface area (Å²) in [5.74, 6) is 1.39. The van der Waals surface area contributed by atoms with Gasteiger partial charge in [0.25, 0.3) is 5.91 Å². The summed E-state index contributed by atoms with van der Waals surface area (Å²) >= 11 is 0. The van der Waals surface area contributed by atoms with E-state index in [1.54, 1.807) is 51.5 Å². The molecule has 8 nitrogen and oxygen atoms in total. The molecule has 0 bridgehead atoms. The predicted octanol–water partition coefficient (Wildman–Crippen LogP) is 2.75. The maximum Gasteiger partial charge on any atom is 0.258 e. The highest BCUT2D eigenvalue weighted by Gasteiger charge is 2.16. The molecule has 1 amide bonds. The van der Waals surface area contributed by atoms with Crippen LogP contribution in [0.25, 0.3) is 0 Å². The van der Waals surface area contributed by atoms with Gasteiger partial charge in [-0.3, -0.25) is 9.10 Å². The molecule has 2 rings (SSSR count). The molecule has 0 saturated heterocycles. The standard InChI is InChI=1S/C21H28N2O6S/c1-6-23(30(5,25)26)17-8-10-18(11-9-17)29-14-21(24)22-15(2)16-7-12-19(27-3)20(13-16)28-4/h7-13,15H,6,14H2,1-5H3,(H,22,24)/t15-/m0/s1. The largest absolute Gasteiger partial charge is 0.493 e. The summed E-state index contributed by atoms with van der Waals surface area (Å²) in [7, 11) is -0.226. The lowest BCUT2D eigenvalue weighted by Gasteiger charge is -2.20. The van der Waals surface area contributed by atoms with Crippen molar-refractivity contribution in [2.24, 2.45) is 0 Å². The molecule has 9 heteroatoms. The summed E-state index contributed by atoms with van der Waals surface area (Å²) in [6.07, 6.45) is 1.16. The highest BCUT2D eigenvalue weighted by atomic mass is 32.2. The van der Waals surface area contributed by atoms with E-state index in [1.807, 2.05) is 19.1 Å². The average molecular weight is 437 g/mol. The topological polar surface area (TPSA) is 94.2 Å². The van der Waals surface area contributed by atoms with E-state index in [0.717, 1.165) is 11.8 Å². The Balaban J connectivity index is 1.94. The Morgan fingerprint density at radius 2 is 1.70 bits per heavy atom. The van der Waals surface area contributed by atoms with E-state index >= 15 is 0 Å². The summed E-state index contributed by atoms with van der Waals surface area (Å²) in [5.41, 5.74) is 1.41. The van der Waals surface area contributed by atoms with Crippen molar-refractivity contribution in [2.75, 3.05) is 37.9 Å². The summed E-state index contributed by atoms with van der Waals surface area (Å²) < 4.78 is 40.9. The molecule has 0 saturated carbocycles. The molecule has 0 aliphatic rings. The first-order chi connectivity index (χ1) is 14.2. The highest BCUT2D eigenvalue weighted by Crippen LogP contribution is 2.29. The van der Waals surface area contributed by atoms with Crippen LogP contribution in [-0.2, 0) is 14.8 Å². The number of methoxy groups -OCH3 is 2. The van der Waals surface area contributed by atoms with Crippen LogP contribution in [0.5, 0.6) is 17.2 Å². The number of rotatable bonds is 10. The number of sulfonamides is 1. The van der Waals surface area contributed by atoms with Crippen molar-refractivity contribution in [2.45, 2.75) is 19.9 Å². The SMILES string of the molecule is CCN(c1ccc(OCC(=O)N[C@@H](C)c2ccc(OC)c(OC)c2)cc1)S(C)(=O)=O. The van der Waals surface area contributed by atoms with Crippen molar-refractivity contribution >= 4 is 21.6 Å². The molecule has 0 fully saturated rings. The Hall–Kier alpha value is -2.94.